The molecule has 0 radical (unpaired) electrons. The van der Waals surface area contributed by atoms with Gasteiger partial charge in [-0.2, -0.15) is 0 Å². The first-order chi connectivity index (χ1) is 17.2. The number of hydrogen-bond acceptors (Lipinski definition) is 1. The van der Waals surface area contributed by atoms with E-state index in [0.29, 0.717) is 5.92 Å². The first kappa shape index (κ1) is 22.6. The molecule has 0 spiro atoms. The third-order valence-electron chi connectivity index (χ3n) is 6.60. The average Bonchev–Trinajstić information content (AvgIpc) is 3.39. The van der Waals surface area contributed by atoms with E-state index in [0.717, 1.165) is 5.69 Å². The lowest BCUT2D eigenvalue weighted by Gasteiger charge is -2.37. The van der Waals surface area contributed by atoms with E-state index in [1.54, 1.807) is 0 Å². The van der Waals surface area contributed by atoms with E-state index in [2.05, 4.69) is 152 Å². The van der Waals surface area contributed by atoms with Gasteiger partial charge in [-0.25, -0.2) is 4.98 Å². The largest absolute Gasteiger partial charge is 0.318 e. The number of benzene rings is 4. The molecule has 0 amide bonds. The lowest BCUT2D eigenvalue weighted by Crippen LogP contribution is -2.36. The summed E-state index contributed by atoms with van der Waals surface area (Å²) < 4.78 is 2.27. The molecule has 0 fully saturated rings. The third kappa shape index (κ3) is 4.36. The van der Waals surface area contributed by atoms with Crippen LogP contribution in [0.25, 0.3) is 11.6 Å². The molecule has 0 unspecified atom stereocenters. The van der Waals surface area contributed by atoms with Crippen molar-refractivity contribution in [2.24, 2.45) is 5.92 Å². The maximum atomic E-state index is 4.89. The molecule has 0 aliphatic carbocycles. The van der Waals surface area contributed by atoms with Crippen molar-refractivity contribution < 1.29 is 0 Å². The van der Waals surface area contributed by atoms with E-state index in [1.807, 2.05) is 6.33 Å². The first-order valence-corrected chi connectivity index (χ1v) is 12.2. The fourth-order valence-electron chi connectivity index (χ4n) is 4.95. The molecule has 0 N–H and O–H groups in total. The number of aromatic nitrogens is 2. The Morgan fingerprint density at radius 1 is 0.657 bits per heavy atom. The maximum Gasteiger partial charge on any atom is 0.121 e. The second-order valence-electron chi connectivity index (χ2n) is 9.13. The molecule has 4 aromatic carbocycles. The standard InChI is InChI=1S/C33H30N2/c1-26(2)32(27-15-7-3-8-16-27)23-31-24-35(25-34-31)33(28-17-9-4-10-18-28,29-19-11-5-12-20-29)30-21-13-6-14-22-30/h3-26H,1-2H3/b32-23+. The van der Waals surface area contributed by atoms with E-state index < -0.39 is 5.54 Å². The number of nitrogens with zero attached hydrogens (tertiary/aromatic N) is 2. The molecule has 0 bridgehead atoms. The van der Waals surface area contributed by atoms with E-state index in [1.165, 1.54) is 27.8 Å². The second-order valence-corrected chi connectivity index (χ2v) is 9.13. The molecule has 1 heterocycles. The van der Waals surface area contributed by atoms with Gasteiger partial charge in [0.05, 0.1) is 12.0 Å². The summed E-state index contributed by atoms with van der Waals surface area (Å²) in [6.07, 6.45) is 6.38. The first-order valence-electron chi connectivity index (χ1n) is 12.2. The van der Waals surface area contributed by atoms with E-state index >= 15 is 0 Å². The number of rotatable bonds is 7. The van der Waals surface area contributed by atoms with Crippen LogP contribution in [0, 0.1) is 5.92 Å². The molecular formula is C33H30N2. The summed E-state index contributed by atoms with van der Waals surface area (Å²) in [5, 5.41) is 0. The highest BCUT2D eigenvalue weighted by molar-refractivity contribution is 5.81. The Bertz CT molecular complexity index is 1290. The van der Waals surface area contributed by atoms with Gasteiger partial charge in [-0.05, 0) is 39.8 Å². The molecule has 0 saturated heterocycles. The Kier molecular flexibility index (Phi) is 6.45. The van der Waals surface area contributed by atoms with Crippen molar-refractivity contribution in [1.29, 1.82) is 0 Å². The van der Waals surface area contributed by atoms with Gasteiger partial charge in [0.2, 0.25) is 0 Å². The quantitative estimate of drug-likeness (QED) is 0.228. The van der Waals surface area contributed by atoms with Gasteiger partial charge in [0.1, 0.15) is 5.54 Å². The van der Waals surface area contributed by atoms with Crippen LogP contribution in [-0.4, -0.2) is 9.55 Å². The molecule has 5 rings (SSSR count). The van der Waals surface area contributed by atoms with Gasteiger partial charge in [-0.1, -0.05) is 135 Å². The molecule has 0 aliphatic rings. The van der Waals surface area contributed by atoms with Crippen molar-refractivity contribution in [1.82, 2.24) is 9.55 Å². The maximum absolute atomic E-state index is 4.89. The highest BCUT2D eigenvalue weighted by Crippen LogP contribution is 2.41. The van der Waals surface area contributed by atoms with Crippen molar-refractivity contribution in [3.8, 4) is 0 Å². The van der Waals surface area contributed by atoms with Crippen LogP contribution in [-0.2, 0) is 5.54 Å². The van der Waals surface area contributed by atoms with Gasteiger partial charge in [0.15, 0.2) is 0 Å². The fraction of sp³-hybridized carbons (Fsp3) is 0.121. The predicted octanol–water partition coefficient (Wildman–Crippen LogP) is 7.92. The van der Waals surface area contributed by atoms with Gasteiger partial charge in [-0.3, -0.25) is 0 Å². The molecular weight excluding hydrogens is 424 g/mol. The smallest absolute Gasteiger partial charge is 0.121 e. The van der Waals surface area contributed by atoms with E-state index in [9.17, 15) is 0 Å². The Morgan fingerprint density at radius 3 is 1.51 bits per heavy atom. The van der Waals surface area contributed by atoms with Gasteiger partial charge in [0, 0.05) is 6.20 Å². The van der Waals surface area contributed by atoms with Crippen LogP contribution in [0.1, 0.15) is 41.8 Å². The molecule has 2 heteroatoms. The molecule has 172 valence electrons. The van der Waals surface area contributed by atoms with Crippen LogP contribution >= 0.6 is 0 Å². The summed E-state index contributed by atoms with van der Waals surface area (Å²) >= 11 is 0. The van der Waals surface area contributed by atoms with Gasteiger partial charge >= 0.3 is 0 Å². The van der Waals surface area contributed by atoms with Crippen LogP contribution in [0.5, 0.6) is 0 Å². The Morgan fingerprint density at radius 2 is 1.09 bits per heavy atom. The Labute approximate surface area is 208 Å². The average molecular weight is 455 g/mol. The predicted molar refractivity (Wildman–Crippen MR) is 146 cm³/mol. The van der Waals surface area contributed by atoms with Gasteiger partial charge < -0.3 is 4.57 Å². The summed E-state index contributed by atoms with van der Waals surface area (Å²) in [6.45, 7) is 4.47. The van der Waals surface area contributed by atoms with Crippen LogP contribution in [0.15, 0.2) is 134 Å². The van der Waals surface area contributed by atoms with Crippen LogP contribution < -0.4 is 0 Å². The summed E-state index contributed by atoms with van der Waals surface area (Å²) in [6, 6.07) is 42.7. The van der Waals surface area contributed by atoms with E-state index in [-0.39, 0.29) is 0 Å². The highest BCUT2D eigenvalue weighted by Gasteiger charge is 2.38. The van der Waals surface area contributed by atoms with Crippen molar-refractivity contribution >= 4 is 11.6 Å². The molecule has 0 aliphatic heterocycles. The molecule has 2 nitrogen and oxygen atoms in total. The number of imidazole rings is 1. The summed E-state index contributed by atoms with van der Waals surface area (Å²) in [7, 11) is 0. The lowest BCUT2D eigenvalue weighted by molar-refractivity contribution is 0.514. The van der Waals surface area contributed by atoms with Crippen LogP contribution in [0.2, 0.25) is 0 Å². The van der Waals surface area contributed by atoms with Crippen LogP contribution in [0.3, 0.4) is 0 Å². The molecule has 1 aromatic heterocycles. The third-order valence-corrected chi connectivity index (χ3v) is 6.60. The number of allylic oxidation sites excluding steroid dienone is 1. The fourth-order valence-corrected chi connectivity index (χ4v) is 4.95. The topological polar surface area (TPSA) is 17.8 Å². The zero-order chi connectivity index (χ0) is 24.1. The van der Waals surface area contributed by atoms with Crippen molar-refractivity contribution in [2.45, 2.75) is 19.4 Å². The van der Waals surface area contributed by atoms with Gasteiger partial charge in [-0.15, -0.1) is 0 Å². The van der Waals surface area contributed by atoms with E-state index in [4.69, 9.17) is 4.98 Å². The molecule has 0 saturated carbocycles. The zero-order valence-electron chi connectivity index (χ0n) is 20.3. The van der Waals surface area contributed by atoms with Crippen molar-refractivity contribution in [3.05, 3.63) is 162 Å². The summed E-state index contributed by atoms with van der Waals surface area (Å²) in [5.74, 6) is 0.379. The Hall–Kier alpha value is -4.17. The lowest BCUT2D eigenvalue weighted by atomic mass is 9.77. The van der Waals surface area contributed by atoms with Crippen LogP contribution in [0.4, 0.5) is 0 Å². The minimum atomic E-state index is -0.548. The monoisotopic (exact) mass is 454 g/mol. The van der Waals surface area contributed by atoms with Crippen molar-refractivity contribution in [3.63, 3.8) is 0 Å². The molecule has 0 atom stereocenters. The highest BCUT2D eigenvalue weighted by atomic mass is 15.1. The molecule has 5 aromatic rings. The Balaban J connectivity index is 1.74. The second kappa shape index (κ2) is 9.99. The number of hydrogen-bond donors (Lipinski definition) is 0. The molecule has 35 heavy (non-hydrogen) atoms. The van der Waals surface area contributed by atoms with Gasteiger partial charge in [0.25, 0.3) is 0 Å². The minimum absolute atomic E-state index is 0.379. The minimum Gasteiger partial charge on any atom is -0.318 e. The normalized spacial score (nSPS) is 12.1. The van der Waals surface area contributed by atoms with Crippen molar-refractivity contribution in [2.75, 3.05) is 0 Å². The summed E-state index contributed by atoms with van der Waals surface area (Å²) in [4.78, 5) is 4.89. The SMILES string of the molecule is CC(C)/C(=C\c1cn(C(c2ccccc2)(c2ccccc2)c2ccccc2)cn1)c1ccccc1. The zero-order valence-corrected chi connectivity index (χ0v) is 20.3. The summed E-state index contributed by atoms with van der Waals surface area (Å²) in [5.41, 5.74) is 6.49.